The van der Waals surface area contributed by atoms with Crippen LogP contribution in [0.2, 0.25) is 5.02 Å². The smallest absolute Gasteiger partial charge is 0.156 e. The van der Waals surface area contributed by atoms with Crippen molar-refractivity contribution < 1.29 is 0 Å². The summed E-state index contributed by atoms with van der Waals surface area (Å²) >= 11 is 6.00. The summed E-state index contributed by atoms with van der Waals surface area (Å²) in [5.74, 6) is 0.714. The van der Waals surface area contributed by atoms with Gasteiger partial charge in [-0.25, -0.2) is 9.67 Å². The second-order valence-electron chi connectivity index (χ2n) is 3.86. The number of aryl methyl sites for hydroxylation is 2. The van der Waals surface area contributed by atoms with E-state index in [-0.39, 0.29) is 0 Å². The lowest BCUT2D eigenvalue weighted by Gasteiger charge is -2.09. The Balaban J connectivity index is 2.65. The number of pyridine rings is 1. The van der Waals surface area contributed by atoms with Crippen molar-refractivity contribution in [2.45, 2.75) is 20.8 Å². The molecular formula is C12H11ClN4. The number of halogens is 1. The first-order valence-corrected chi connectivity index (χ1v) is 5.51. The van der Waals surface area contributed by atoms with Crippen LogP contribution in [-0.2, 0) is 0 Å². The van der Waals surface area contributed by atoms with E-state index in [1.165, 1.54) is 0 Å². The molecule has 2 aromatic rings. The summed E-state index contributed by atoms with van der Waals surface area (Å²) in [5, 5.41) is 13.7. The maximum atomic E-state index is 8.90. The molecule has 17 heavy (non-hydrogen) atoms. The number of hydrogen-bond acceptors (Lipinski definition) is 3. The Labute approximate surface area is 104 Å². The SMILES string of the molecule is Cc1cc(Cl)c(C)nc1-n1ncc(C#N)c1C. The van der Waals surface area contributed by atoms with Crippen LogP contribution in [0, 0.1) is 32.1 Å². The van der Waals surface area contributed by atoms with Gasteiger partial charge in [0.15, 0.2) is 5.82 Å². The van der Waals surface area contributed by atoms with Gasteiger partial charge in [-0.1, -0.05) is 11.6 Å². The third-order valence-electron chi connectivity index (χ3n) is 2.65. The average Bonchev–Trinajstić information content (AvgIpc) is 2.65. The highest BCUT2D eigenvalue weighted by Gasteiger charge is 2.12. The molecule has 0 aliphatic rings. The number of nitriles is 1. The Kier molecular flexibility index (Phi) is 2.86. The largest absolute Gasteiger partial charge is 0.232 e. The summed E-state index contributed by atoms with van der Waals surface area (Å²) in [4.78, 5) is 4.41. The van der Waals surface area contributed by atoms with E-state index < -0.39 is 0 Å². The van der Waals surface area contributed by atoms with Gasteiger partial charge >= 0.3 is 0 Å². The Bertz CT molecular complexity index is 622. The summed E-state index contributed by atoms with van der Waals surface area (Å²) in [5.41, 5.74) is 3.01. The van der Waals surface area contributed by atoms with E-state index in [2.05, 4.69) is 16.2 Å². The first-order valence-electron chi connectivity index (χ1n) is 5.13. The third-order valence-corrected chi connectivity index (χ3v) is 3.03. The zero-order chi connectivity index (χ0) is 12.6. The Morgan fingerprint density at radius 3 is 2.65 bits per heavy atom. The lowest BCUT2D eigenvalue weighted by Crippen LogP contribution is -2.05. The number of rotatable bonds is 1. The highest BCUT2D eigenvalue weighted by Crippen LogP contribution is 2.21. The van der Waals surface area contributed by atoms with Crippen molar-refractivity contribution in [3.63, 3.8) is 0 Å². The van der Waals surface area contributed by atoms with Gasteiger partial charge in [0.2, 0.25) is 0 Å². The van der Waals surface area contributed by atoms with Crippen molar-refractivity contribution in [1.82, 2.24) is 14.8 Å². The van der Waals surface area contributed by atoms with Gasteiger partial charge in [0.05, 0.1) is 28.2 Å². The quantitative estimate of drug-likeness (QED) is 0.777. The van der Waals surface area contributed by atoms with E-state index in [9.17, 15) is 0 Å². The lowest BCUT2D eigenvalue weighted by molar-refractivity contribution is 0.804. The van der Waals surface area contributed by atoms with Crippen LogP contribution in [0.5, 0.6) is 0 Å². The van der Waals surface area contributed by atoms with Gasteiger partial charge in [0.25, 0.3) is 0 Å². The molecule has 2 aromatic heterocycles. The standard InChI is InChI=1S/C12H11ClN4/c1-7-4-11(13)8(2)16-12(7)17-9(3)10(5-14)6-15-17/h4,6H,1-3H3. The first-order chi connectivity index (χ1) is 8.04. The molecule has 0 unspecified atom stereocenters. The molecule has 0 atom stereocenters. The maximum absolute atomic E-state index is 8.90. The fourth-order valence-electron chi connectivity index (χ4n) is 1.61. The van der Waals surface area contributed by atoms with Gasteiger partial charge in [0, 0.05) is 0 Å². The fourth-order valence-corrected chi connectivity index (χ4v) is 1.81. The molecule has 0 spiro atoms. The summed E-state index contributed by atoms with van der Waals surface area (Å²) in [7, 11) is 0. The third kappa shape index (κ3) is 1.90. The number of nitrogens with zero attached hydrogens (tertiary/aromatic N) is 4. The van der Waals surface area contributed by atoms with Crippen LogP contribution in [0.1, 0.15) is 22.5 Å². The van der Waals surface area contributed by atoms with Gasteiger partial charge in [0.1, 0.15) is 6.07 Å². The summed E-state index contributed by atoms with van der Waals surface area (Å²) < 4.78 is 1.66. The highest BCUT2D eigenvalue weighted by atomic mass is 35.5. The second-order valence-corrected chi connectivity index (χ2v) is 4.27. The van der Waals surface area contributed by atoms with Crippen molar-refractivity contribution in [1.29, 1.82) is 5.26 Å². The highest BCUT2D eigenvalue weighted by molar-refractivity contribution is 6.31. The van der Waals surface area contributed by atoms with Crippen molar-refractivity contribution in [2.24, 2.45) is 0 Å². The summed E-state index contributed by atoms with van der Waals surface area (Å²) in [6.45, 7) is 5.60. The van der Waals surface area contributed by atoms with Crippen molar-refractivity contribution in [3.8, 4) is 11.9 Å². The predicted molar refractivity (Wildman–Crippen MR) is 65.3 cm³/mol. The molecular weight excluding hydrogens is 236 g/mol. The van der Waals surface area contributed by atoms with E-state index in [1.54, 1.807) is 10.9 Å². The second kappa shape index (κ2) is 4.19. The summed E-state index contributed by atoms with van der Waals surface area (Å²) in [6, 6.07) is 3.95. The summed E-state index contributed by atoms with van der Waals surface area (Å²) in [6.07, 6.45) is 1.54. The zero-order valence-corrected chi connectivity index (χ0v) is 10.6. The van der Waals surface area contributed by atoms with E-state index in [0.29, 0.717) is 16.4 Å². The Hall–Kier alpha value is -1.86. The van der Waals surface area contributed by atoms with E-state index >= 15 is 0 Å². The molecule has 0 aliphatic carbocycles. The van der Waals surface area contributed by atoms with E-state index in [0.717, 1.165) is 17.0 Å². The molecule has 0 amide bonds. The van der Waals surface area contributed by atoms with Crippen LogP contribution in [-0.4, -0.2) is 14.8 Å². The van der Waals surface area contributed by atoms with Crippen LogP contribution < -0.4 is 0 Å². The van der Waals surface area contributed by atoms with Crippen molar-refractivity contribution in [2.75, 3.05) is 0 Å². The van der Waals surface area contributed by atoms with Crippen molar-refractivity contribution in [3.05, 3.63) is 39.8 Å². The molecule has 0 saturated carbocycles. The molecule has 0 bridgehead atoms. The molecule has 0 fully saturated rings. The Morgan fingerprint density at radius 1 is 1.35 bits per heavy atom. The average molecular weight is 247 g/mol. The van der Waals surface area contributed by atoms with E-state index in [4.69, 9.17) is 16.9 Å². The molecule has 0 radical (unpaired) electrons. The normalized spacial score (nSPS) is 10.3. The van der Waals surface area contributed by atoms with Crippen LogP contribution in [0.4, 0.5) is 0 Å². The van der Waals surface area contributed by atoms with Crippen LogP contribution in [0.15, 0.2) is 12.3 Å². The molecule has 2 heterocycles. The lowest BCUT2D eigenvalue weighted by atomic mass is 10.2. The minimum absolute atomic E-state index is 0.554. The molecule has 86 valence electrons. The van der Waals surface area contributed by atoms with Crippen molar-refractivity contribution >= 4 is 11.6 Å². The predicted octanol–water partition coefficient (Wildman–Crippen LogP) is 2.72. The fraction of sp³-hybridized carbons (Fsp3) is 0.250. The molecule has 2 rings (SSSR count). The molecule has 0 aliphatic heterocycles. The van der Waals surface area contributed by atoms with Gasteiger partial charge in [-0.2, -0.15) is 10.4 Å². The molecule has 0 aromatic carbocycles. The Morgan fingerprint density at radius 2 is 2.06 bits per heavy atom. The zero-order valence-electron chi connectivity index (χ0n) is 9.82. The number of aromatic nitrogens is 3. The van der Waals surface area contributed by atoms with Gasteiger partial charge in [-0.15, -0.1) is 0 Å². The topological polar surface area (TPSA) is 54.5 Å². The minimum Gasteiger partial charge on any atom is -0.232 e. The van der Waals surface area contributed by atoms with Gasteiger partial charge in [-0.3, -0.25) is 0 Å². The molecule has 0 saturated heterocycles. The maximum Gasteiger partial charge on any atom is 0.156 e. The van der Waals surface area contributed by atoms with Gasteiger partial charge < -0.3 is 0 Å². The molecule has 4 nitrogen and oxygen atoms in total. The van der Waals surface area contributed by atoms with Crippen LogP contribution in [0.3, 0.4) is 0 Å². The molecule has 0 N–H and O–H groups in total. The molecule has 5 heteroatoms. The first kappa shape index (κ1) is 11.6. The minimum atomic E-state index is 0.554. The monoisotopic (exact) mass is 246 g/mol. The van der Waals surface area contributed by atoms with Gasteiger partial charge in [-0.05, 0) is 32.4 Å². The number of hydrogen-bond donors (Lipinski definition) is 0. The van der Waals surface area contributed by atoms with E-state index in [1.807, 2.05) is 26.8 Å². The van der Waals surface area contributed by atoms with Crippen LogP contribution >= 0.6 is 11.6 Å². The van der Waals surface area contributed by atoms with Crippen LogP contribution in [0.25, 0.3) is 5.82 Å².